The fourth-order valence-electron chi connectivity index (χ4n) is 1.68. The van der Waals surface area contributed by atoms with Crippen molar-refractivity contribution >= 4 is 5.97 Å². The molecule has 1 aromatic carbocycles. The van der Waals surface area contributed by atoms with Crippen molar-refractivity contribution in [3.05, 3.63) is 47.8 Å². The molecule has 0 aliphatic carbocycles. The summed E-state index contributed by atoms with van der Waals surface area (Å²) >= 11 is 0. The number of aromatic nitrogens is 2. The number of nitrogens with zero attached hydrogens (tertiary/aromatic N) is 2. The van der Waals surface area contributed by atoms with Crippen molar-refractivity contribution in [1.29, 1.82) is 0 Å². The predicted molar refractivity (Wildman–Crippen MR) is 64.2 cm³/mol. The molecule has 2 rings (SSSR count). The predicted octanol–water partition coefficient (Wildman–Crippen LogP) is 2.50. The Hall–Kier alpha value is -2.17. The van der Waals surface area contributed by atoms with Gasteiger partial charge in [0.2, 0.25) is 0 Å². The maximum atomic E-state index is 13.9. The zero-order valence-electron chi connectivity index (χ0n) is 10.2. The first kappa shape index (κ1) is 12.3. The molecule has 94 valence electrons. The second kappa shape index (κ2) is 5.00. The van der Waals surface area contributed by atoms with Gasteiger partial charge in [-0.1, -0.05) is 0 Å². The van der Waals surface area contributed by atoms with E-state index in [0.717, 1.165) is 0 Å². The summed E-state index contributed by atoms with van der Waals surface area (Å²) in [5.74, 6) is -0.329. The maximum absolute atomic E-state index is 13.9. The lowest BCUT2D eigenvalue weighted by Crippen LogP contribution is -2.06. The summed E-state index contributed by atoms with van der Waals surface area (Å²) in [5.41, 5.74) is 0.564. The molecule has 0 aliphatic rings. The number of ether oxygens (including phenoxy) is 1. The van der Waals surface area contributed by atoms with Crippen LogP contribution in [0.15, 0.2) is 30.6 Å². The molecule has 1 heterocycles. The van der Waals surface area contributed by atoms with E-state index in [4.69, 9.17) is 4.74 Å². The van der Waals surface area contributed by atoms with Gasteiger partial charge in [0, 0.05) is 12.4 Å². The molecule has 2 aromatic rings. The third-order valence-corrected chi connectivity index (χ3v) is 2.54. The largest absolute Gasteiger partial charge is 0.462 e. The Labute approximate surface area is 104 Å². The topological polar surface area (TPSA) is 44.1 Å². The minimum atomic E-state index is -0.523. The lowest BCUT2D eigenvalue weighted by atomic mass is 10.2. The Balaban J connectivity index is 2.37. The first-order valence-electron chi connectivity index (χ1n) is 5.60. The van der Waals surface area contributed by atoms with Crippen LogP contribution in [0.25, 0.3) is 5.69 Å². The third kappa shape index (κ3) is 2.25. The number of esters is 1. The molecule has 18 heavy (non-hydrogen) atoms. The number of hydrogen-bond donors (Lipinski definition) is 0. The van der Waals surface area contributed by atoms with Gasteiger partial charge >= 0.3 is 5.97 Å². The van der Waals surface area contributed by atoms with Crippen molar-refractivity contribution in [3.8, 4) is 5.69 Å². The first-order chi connectivity index (χ1) is 8.63. The van der Waals surface area contributed by atoms with Crippen molar-refractivity contribution < 1.29 is 13.9 Å². The molecular weight excluding hydrogens is 235 g/mol. The molecule has 0 bridgehead atoms. The van der Waals surface area contributed by atoms with E-state index >= 15 is 0 Å². The Morgan fingerprint density at radius 1 is 1.50 bits per heavy atom. The minimum Gasteiger partial charge on any atom is -0.462 e. The van der Waals surface area contributed by atoms with Gasteiger partial charge in [0.25, 0.3) is 0 Å². The van der Waals surface area contributed by atoms with Crippen LogP contribution >= 0.6 is 0 Å². The SMILES string of the molecule is CCOC(=O)c1ccc(-n2ccnc2C)c(F)c1. The normalized spacial score (nSPS) is 10.4. The van der Waals surface area contributed by atoms with Crippen LogP contribution in [0.1, 0.15) is 23.1 Å². The minimum absolute atomic E-state index is 0.205. The standard InChI is InChI=1S/C13H13FN2O2/c1-3-18-13(17)10-4-5-12(11(14)8-10)16-7-6-15-9(16)2/h4-8H,3H2,1-2H3. The Morgan fingerprint density at radius 3 is 2.83 bits per heavy atom. The van der Waals surface area contributed by atoms with Crippen molar-refractivity contribution in [2.45, 2.75) is 13.8 Å². The molecule has 0 atom stereocenters. The Bertz CT molecular complexity index is 578. The molecule has 0 saturated heterocycles. The van der Waals surface area contributed by atoms with Crippen molar-refractivity contribution in [1.82, 2.24) is 9.55 Å². The highest BCUT2D eigenvalue weighted by Crippen LogP contribution is 2.17. The van der Waals surface area contributed by atoms with Gasteiger partial charge in [-0.05, 0) is 32.0 Å². The number of rotatable bonds is 3. The lowest BCUT2D eigenvalue weighted by Gasteiger charge is -2.08. The van der Waals surface area contributed by atoms with Crippen LogP contribution < -0.4 is 0 Å². The quantitative estimate of drug-likeness (QED) is 0.784. The van der Waals surface area contributed by atoms with E-state index in [1.54, 1.807) is 30.8 Å². The molecule has 0 aliphatic heterocycles. The van der Waals surface area contributed by atoms with Crippen LogP contribution in [0, 0.1) is 12.7 Å². The van der Waals surface area contributed by atoms with E-state index in [1.807, 2.05) is 0 Å². The van der Waals surface area contributed by atoms with E-state index in [0.29, 0.717) is 11.5 Å². The highest BCUT2D eigenvalue weighted by atomic mass is 19.1. The molecule has 5 heteroatoms. The van der Waals surface area contributed by atoms with Crippen LogP contribution in [0.5, 0.6) is 0 Å². The van der Waals surface area contributed by atoms with Gasteiger partial charge in [0.05, 0.1) is 17.9 Å². The number of carbonyl (C=O) groups is 1. The average molecular weight is 248 g/mol. The summed E-state index contributed by atoms with van der Waals surface area (Å²) in [6.07, 6.45) is 3.26. The van der Waals surface area contributed by atoms with Gasteiger partial charge in [0.15, 0.2) is 0 Å². The molecule has 0 radical (unpaired) electrons. The van der Waals surface area contributed by atoms with Gasteiger partial charge in [0.1, 0.15) is 11.6 Å². The van der Waals surface area contributed by atoms with Gasteiger partial charge in [-0.15, -0.1) is 0 Å². The van der Waals surface area contributed by atoms with E-state index < -0.39 is 11.8 Å². The number of aryl methyl sites for hydroxylation is 1. The highest BCUT2D eigenvalue weighted by molar-refractivity contribution is 5.89. The molecule has 1 aromatic heterocycles. The van der Waals surface area contributed by atoms with Crippen LogP contribution in [0.4, 0.5) is 4.39 Å². The maximum Gasteiger partial charge on any atom is 0.338 e. The summed E-state index contributed by atoms with van der Waals surface area (Å²) in [6, 6.07) is 4.25. The Morgan fingerprint density at radius 2 is 2.28 bits per heavy atom. The van der Waals surface area contributed by atoms with E-state index in [1.165, 1.54) is 18.2 Å². The van der Waals surface area contributed by atoms with E-state index in [2.05, 4.69) is 4.98 Å². The van der Waals surface area contributed by atoms with Gasteiger partial charge < -0.3 is 9.30 Å². The van der Waals surface area contributed by atoms with E-state index in [9.17, 15) is 9.18 Å². The summed E-state index contributed by atoms with van der Waals surface area (Å²) in [4.78, 5) is 15.5. The molecule has 0 unspecified atom stereocenters. The number of benzene rings is 1. The fraction of sp³-hybridized carbons (Fsp3) is 0.231. The van der Waals surface area contributed by atoms with Crippen molar-refractivity contribution in [3.63, 3.8) is 0 Å². The molecule has 0 fully saturated rings. The van der Waals surface area contributed by atoms with Crippen LogP contribution in [0.3, 0.4) is 0 Å². The van der Waals surface area contributed by atoms with Gasteiger partial charge in [-0.2, -0.15) is 0 Å². The monoisotopic (exact) mass is 248 g/mol. The summed E-state index contributed by atoms with van der Waals surface area (Å²) in [7, 11) is 0. The Kier molecular flexibility index (Phi) is 3.41. The number of imidazole rings is 1. The highest BCUT2D eigenvalue weighted by Gasteiger charge is 2.12. The third-order valence-electron chi connectivity index (χ3n) is 2.54. The zero-order valence-corrected chi connectivity index (χ0v) is 10.2. The molecule has 0 spiro atoms. The molecular formula is C13H13FN2O2. The van der Waals surface area contributed by atoms with Gasteiger partial charge in [-0.3, -0.25) is 0 Å². The number of hydrogen-bond acceptors (Lipinski definition) is 3. The van der Waals surface area contributed by atoms with Crippen molar-refractivity contribution in [2.75, 3.05) is 6.61 Å². The number of carbonyl (C=O) groups excluding carboxylic acids is 1. The smallest absolute Gasteiger partial charge is 0.338 e. The van der Waals surface area contributed by atoms with Gasteiger partial charge in [-0.25, -0.2) is 14.2 Å². The lowest BCUT2D eigenvalue weighted by molar-refractivity contribution is 0.0526. The molecule has 0 amide bonds. The first-order valence-corrected chi connectivity index (χ1v) is 5.60. The summed E-state index contributed by atoms with van der Waals surface area (Å²) in [5, 5.41) is 0. The molecule has 0 saturated carbocycles. The van der Waals surface area contributed by atoms with E-state index in [-0.39, 0.29) is 12.2 Å². The van der Waals surface area contributed by atoms with Crippen molar-refractivity contribution in [2.24, 2.45) is 0 Å². The second-order valence-corrected chi connectivity index (χ2v) is 3.73. The molecule has 4 nitrogen and oxygen atoms in total. The summed E-state index contributed by atoms with van der Waals surface area (Å²) in [6.45, 7) is 3.75. The van der Waals surface area contributed by atoms with Crippen LogP contribution in [-0.4, -0.2) is 22.1 Å². The fourth-order valence-corrected chi connectivity index (χ4v) is 1.68. The zero-order chi connectivity index (χ0) is 13.1. The summed E-state index contributed by atoms with van der Waals surface area (Å²) < 4.78 is 20.4. The average Bonchev–Trinajstić information content (AvgIpc) is 2.75. The van der Waals surface area contributed by atoms with Crippen LogP contribution in [0.2, 0.25) is 0 Å². The number of halogens is 1. The second-order valence-electron chi connectivity index (χ2n) is 3.73. The molecule has 0 N–H and O–H groups in total. The van der Waals surface area contributed by atoms with Crippen LogP contribution in [-0.2, 0) is 4.74 Å².